The molecule has 0 aliphatic rings. The Morgan fingerprint density at radius 2 is 1.96 bits per heavy atom. The standard InChI is InChI=1S/C19H23N5O3/c1-11(17-12(2)22-23(4)13(17)3)20-16(25)9-10-24-15-8-6-5-7-14(15)18(26)21-19(24)27/h5-8,11H,9-10H2,1-4H3,(H,20,25)(H,21,26,27). The van der Waals surface area contributed by atoms with Crippen LogP contribution in [0.3, 0.4) is 0 Å². The van der Waals surface area contributed by atoms with E-state index in [1.807, 2.05) is 27.8 Å². The molecule has 0 saturated carbocycles. The Balaban J connectivity index is 1.76. The lowest BCUT2D eigenvalue weighted by Crippen LogP contribution is -2.33. The minimum Gasteiger partial charge on any atom is -0.349 e. The van der Waals surface area contributed by atoms with Crippen LogP contribution in [0.1, 0.15) is 36.3 Å². The van der Waals surface area contributed by atoms with Crippen LogP contribution in [0.15, 0.2) is 33.9 Å². The second kappa shape index (κ2) is 7.22. The zero-order chi connectivity index (χ0) is 19.7. The molecule has 8 heteroatoms. The fourth-order valence-electron chi connectivity index (χ4n) is 3.48. The summed E-state index contributed by atoms with van der Waals surface area (Å²) in [5, 5.41) is 7.76. The first-order valence-corrected chi connectivity index (χ1v) is 8.81. The number of benzene rings is 1. The van der Waals surface area contributed by atoms with E-state index < -0.39 is 11.2 Å². The quantitative estimate of drug-likeness (QED) is 0.708. The van der Waals surface area contributed by atoms with Crippen molar-refractivity contribution in [3.05, 3.63) is 62.1 Å². The van der Waals surface area contributed by atoms with Crippen LogP contribution in [0.4, 0.5) is 0 Å². The zero-order valence-electron chi connectivity index (χ0n) is 15.9. The number of hydrogen-bond donors (Lipinski definition) is 2. The number of aromatic amines is 1. The third-order valence-corrected chi connectivity index (χ3v) is 4.84. The first kappa shape index (κ1) is 18.6. The summed E-state index contributed by atoms with van der Waals surface area (Å²) in [6.45, 7) is 5.97. The van der Waals surface area contributed by atoms with E-state index in [4.69, 9.17) is 0 Å². The van der Waals surface area contributed by atoms with Gasteiger partial charge in [0.2, 0.25) is 5.91 Å². The van der Waals surface area contributed by atoms with Crippen molar-refractivity contribution in [3.63, 3.8) is 0 Å². The number of fused-ring (bicyclic) bond motifs is 1. The normalized spacial score (nSPS) is 12.3. The molecule has 2 aromatic heterocycles. The highest BCUT2D eigenvalue weighted by molar-refractivity contribution is 5.79. The number of H-pyrrole nitrogens is 1. The molecule has 1 atom stereocenters. The maximum absolute atomic E-state index is 12.4. The van der Waals surface area contributed by atoms with Gasteiger partial charge in [0.05, 0.1) is 22.6 Å². The molecule has 0 aliphatic carbocycles. The van der Waals surface area contributed by atoms with E-state index in [9.17, 15) is 14.4 Å². The molecule has 1 unspecified atom stereocenters. The number of hydrogen-bond acceptors (Lipinski definition) is 4. The third kappa shape index (κ3) is 3.55. The van der Waals surface area contributed by atoms with Crippen molar-refractivity contribution in [3.8, 4) is 0 Å². The number of amides is 1. The summed E-state index contributed by atoms with van der Waals surface area (Å²) in [6, 6.07) is 6.66. The lowest BCUT2D eigenvalue weighted by atomic mass is 10.1. The summed E-state index contributed by atoms with van der Waals surface area (Å²) < 4.78 is 3.21. The van der Waals surface area contributed by atoms with Crippen LogP contribution >= 0.6 is 0 Å². The molecule has 3 aromatic rings. The molecule has 8 nitrogen and oxygen atoms in total. The van der Waals surface area contributed by atoms with Crippen LogP contribution in [0.25, 0.3) is 10.9 Å². The maximum Gasteiger partial charge on any atom is 0.328 e. The predicted octanol–water partition coefficient (Wildman–Crippen LogP) is 1.31. The lowest BCUT2D eigenvalue weighted by molar-refractivity contribution is -0.121. The van der Waals surface area contributed by atoms with Crippen LogP contribution in [0.5, 0.6) is 0 Å². The van der Waals surface area contributed by atoms with Gasteiger partial charge in [-0.15, -0.1) is 0 Å². The van der Waals surface area contributed by atoms with Crippen LogP contribution in [-0.4, -0.2) is 25.2 Å². The van der Waals surface area contributed by atoms with E-state index >= 15 is 0 Å². The van der Waals surface area contributed by atoms with Gasteiger partial charge < -0.3 is 5.32 Å². The maximum atomic E-state index is 12.4. The van der Waals surface area contributed by atoms with Crippen LogP contribution in [0, 0.1) is 13.8 Å². The fraction of sp³-hybridized carbons (Fsp3) is 0.368. The molecule has 0 spiro atoms. The highest BCUT2D eigenvalue weighted by Gasteiger charge is 2.18. The number of aromatic nitrogens is 4. The monoisotopic (exact) mass is 369 g/mol. The molecule has 0 saturated heterocycles. The van der Waals surface area contributed by atoms with E-state index in [1.54, 1.807) is 28.9 Å². The van der Waals surface area contributed by atoms with Crippen LogP contribution < -0.4 is 16.6 Å². The Bertz CT molecular complexity index is 1120. The summed E-state index contributed by atoms with van der Waals surface area (Å²) >= 11 is 0. The topological polar surface area (TPSA) is 102 Å². The van der Waals surface area contributed by atoms with Crippen molar-refractivity contribution in [2.45, 2.75) is 39.8 Å². The van der Waals surface area contributed by atoms with Crippen molar-refractivity contribution in [2.24, 2.45) is 7.05 Å². The van der Waals surface area contributed by atoms with E-state index in [0.29, 0.717) is 10.9 Å². The summed E-state index contributed by atoms with van der Waals surface area (Å²) in [4.78, 5) is 38.8. The first-order valence-electron chi connectivity index (χ1n) is 8.81. The molecular weight excluding hydrogens is 346 g/mol. The molecular formula is C19H23N5O3. The molecule has 27 heavy (non-hydrogen) atoms. The Morgan fingerprint density at radius 1 is 1.26 bits per heavy atom. The number of carbonyl (C=O) groups is 1. The number of para-hydroxylation sites is 1. The SMILES string of the molecule is Cc1nn(C)c(C)c1C(C)NC(=O)CCn1c(=O)[nH]c(=O)c2ccccc21. The molecule has 2 N–H and O–H groups in total. The van der Waals surface area contributed by atoms with Gasteiger partial charge in [-0.05, 0) is 32.9 Å². The number of nitrogens with zero attached hydrogens (tertiary/aromatic N) is 3. The highest BCUT2D eigenvalue weighted by Crippen LogP contribution is 2.20. The average molecular weight is 369 g/mol. The van der Waals surface area contributed by atoms with Gasteiger partial charge in [-0.3, -0.25) is 23.8 Å². The summed E-state index contributed by atoms with van der Waals surface area (Å²) in [7, 11) is 1.87. The average Bonchev–Trinajstić information content (AvgIpc) is 2.86. The van der Waals surface area contributed by atoms with Gasteiger partial charge >= 0.3 is 5.69 Å². The molecule has 142 valence electrons. The molecule has 0 bridgehead atoms. The zero-order valence-corrected chi connectivity index (χ0v) is 15.9. The predicted molar refractivity (Wildman–Crippen MR) is 103 cm³/mol. The molecule has 3 rings (SSSR count). The molecule has 0 aliphatic heterocycles. The molecule has 2 heterocycles. The van der Waals surface area contributed by atoms with Crippen LogP contribution in [0.2, 0.25) is 0 Å². The molecule has 1 amide bonds. The van der Waals surface area contributed by atoms with Crippen molar-refractivity contribution >= 4 is 16.8 Å². The summed E-state index contributed by atoms with van der Waals surface area (Å²) in [6.07, 6.45) is 0.124. The molecule has 0 fully saturated rings. The van der Waals surface area contributed by atoms with Gasteiger partial charge in [-0.2, -0.15) is 5.10 Å². The Labute approximate surface area is 155 Å². The summed E-state index contributed by atoms with van der Waals surface area (Å²) in [5.74, 6) is -0.174. The van der Waals surface area contributed by atoms with E-state index in [-0.39, 0.29) is 24.9 Å². The second-order valence-electron chi connectivity index (χ2n) is 6.68. The minimum atomic E-state index is -0.515. The number of nitrogens with one attached hydrogen (secondary N) is 2. The number of aryl methyl sites for hydroxylation is 3. The Morgan fingerprint density at radius 3 is 2.63 bits per heavy atom. The number of carbonyl (C=O) groups excluding carboxylic acids is 1. The molecule has 0 radical (unpaired) electrons. The smallest absolute Gasteiger partial charge is 0.328 e. The highest BCUT2D eigenvalue weighted by atomic mass is 16.2. The van der Waals surface area contributed by atoms with E-state index in [1.165, 1.54) is 4.57 Å². The minimum absolute atomic E-state index is 0.124. The first-order chi connectivity index (χ1) is 12.8. The van der Waals surface area contributed by atoms with Crippen molar-refractivity contribution in [1.29, 1.82) is 0 Å². The van der Waals surface area contributed by atoms with Crippen molar-refractivity contribution < 1.29 is 4.79 Å². The van der Waals surface area contributed by atoms with Gasteiger partial charge in [0.25, 0.3) is 5.56 Å². The third-order valence-electron chi connectivity index (χ3n) is 4.84. The van der Waals surface area contributed by atoms with Crippen molar-refractivity contribution in [2.75, 3.05) is 0 Å². The van der Waals surface area contributed by atoms with Gasteiger partial charge in [0.1, 0.15) is 0 Å². The van der Waals surface area contributed by atoms with Gasteiger partial charge in [-0.25, -0.2) is 4.79 Å². The lowest BCUT2D eigenvalue weighted by Gasteiger charge is -2.15. The Hall–Kier alpha value is -3.16. The summed E-state index contributed by atoms with van der Waals surface area (Å²) in [5.41, 5.74) is 2.46. The van der Waals surface area contributed by atoms with Gasteiger partial charge in [-0.1, -0.05) is 12.1 Å². The van der Waals surface area contributed by atoms with Crippen molar-refractivity contribution in [1.82, 2.24) is 24.6 Å². The number of rotatable bonds is 5. The second-order valence-corrected chi connectivity index (χ2v) is 6.68. The molecule has 1 aromatic carbocycles. The Kier molecular flexibility index (Phi) is 4.98. The fourth-order valence-corrected chi connectivity index (χ4v) is 3.48. The van der Waals surface area contributed by atoms with Gasteiger partial charge in [0.15, 0.2) is 0 Å². The van der Waals surface area contributed by atoms with E-state index in [2.05, 4.69) is 15.4 Å². The van der Waals surface area contributed by atoms with E-state index in [0.717, 1.165) is 17.0 Å². The largest absolute Gasteiger partial charge is 0.349 e. The van der Waals surface area contributed by atoms with Gasteiger partial charge in [0, 0.05) is 31.3 Å². The van der Waals surface area contributed by atoms with Crippen LogP contribution in [-0.2, 0) is 18.4 Å².